The van der Waals surface area contributed by atoms with Crippen molar-refractivity contribution in [2.75, 3.05) is 31.7 Å². The number of anilines is 1. The van der Waals surface area contributed by atoms with Gasteiger partial charge in [0.1, 0.15) is 17.6 Å². The Hall–Kier alpha value is -3.21. The third-order valence-corrected chi connectivity index (χ3v) is 14.1. The Morgan fingerprint density at radius 2 is 1.94 bits per heavy atom. The van der Waals surface area contributed by atoms with Crippen LogP contribution in [0.1, 0.15) is 67.5 Å². The summed E-state index contributed by atoms with van der Waals surface area (Å²) < 4.78 is 43.6. The summed E-state index contributed by atoms with van der Waals surface area (Å²) in [5.41, 5.74) is 3.18. The fourth-order valence-corrected chi connectivity index (χ4v) is 10.8. The van der Waals surface area contributed by atoms with Gasteiger partial charge in [0.2, 0.25) is 10.0 Å². The van der Waals surface area contributed by atoms with Gasteiger partial charge in [0.05, 0.1) is 17.5 Å². The molecule has 1 spiro atoms. The minimum atomic E-state index is -4.04. The maximum absolute atomic E-state index is 14.1. The van der Waals surface area contributed by atoms with E-state index in [2.05, 4.69) is 21.8 Å². The Bertz CT molecular complexity index is 1850. The molecule has 0 saturated heterocycles. The number of carbonyl (C=O) groups excluding carboxylic acids is 1. The molecule has 1 unspecified atom stereocenters. The van der Waals surface area contributed by atoms with Crippen LogP contribution in [0.25, 0.3) is 0 Å². The number of nitrogens with one attached hydrogen (secondary N) is 1. The molecule has 2 bridgehead atoms. The molecule has 2 aliphatic heterocycles. The van der Waals surface area contributed by atoms with Gasteiger partial charge in [0.25, 0.3) is 0 Å². The fraction of sp³-hybridized carbons (Fsp3) is 0.475. The zero-order chi connectivity index (χ0) is 35.1. The van der Waals surface area contributed by atoms with Gasteiger partial charge in [-0.2, -0.15) is 4.72 Å². The van der Waals surface area contributed by atoms with Crippen LogP contribution in [0.15, 0.2) is 78.9 Å². The number of aliphatic hydroxyl groups is 1. The van der Waals surface area contributed by atoms with Crippen molar-refractivity contribution in [2.24, 2.45) is 17.8 Å². The largest absolute Gasteiger partial charge is 0.490 e. The van der Waals surface area contributed by atoms with Crippen LogP contribution in [0.5, 0.6) is 5.75 Å². The normalized spacial score (nSPS) is 32.8. The molecule has 266 valence electrons. The zero-order valence-electron chi connectivity index (χ0n) is 28.8. The number of ether oxygens (including phenoxy) is 2. The van der Waals surface area contributed by atoms with Crippen LogP contribution in [0.2, 0.25) is 5.02 Å². The summed E-state index contributed by atoms with van der Waals surface area (Å²) in [4.78, 5) is 15.3. The number of fused-ring (bicyclic) bond motifs is 4. The van der Waals surface area contributed by atoms with Gasteiger partial charge in [-0.05, 0) is 109 Å². The molecule has 0 radical (unpaired) electrons. The highest BCUT2D eigenvalue weighted by molar-refractivity contribution is 7.90. The summed E-state index contributed by atoms with van der Waals surface area (Å²) in [5.74, 6) is 0.458. The van der Waals surface area contributed by atoms with Crippen molar-refractivity contribution in [1.82, 2.24) is 4.72 Å². The fourth-order valence-electron chi connectivity index (χ4n) is 8.88. The van der Waals surface area contributed by atoms with Crippen molar-refractivity contribution in [1.29, 1.82) is 0 Å². The number of aldehydes is 1. The quantitative estimate of drug-likeness (QED) is 0.233. The molecular weight excluding hydrogens is 672 g/mol. The molecule has 3 aromatic carbocycles. The molecule has 8 nitrogen and oxygen atoms in total. The number of allylic oxidation sites excluding steroid dienone is 1. The van der Waals surface area contributed by atoms with Gasteiger partial charge in [0, 0.05) is 36.6 Å². The first-order valence-corrected chi connectivity index (χ1v) is 19.7. The maximum atomic E-state index is 14.1. The number of halogens is 1. The Morgan fingerprint density at radius 1 is 1.12 bits per heavy atom. The highest BCUT2D eigenvalue weighted by Crippen LogP contribution is 2.49. The third kappa shape index (κ3) is 6.63. The average molecular weight is 719 g/mol. The van der Waals surface area contributed by atoms with Crippen LogP contribution in [0.3, 0.4) is 0 Å². The second-order valence-electron chi connectivity index (χ2n) is 14.9. The minimum Gasteiger partial charge on any atom is -0.490 e. The number of methoxy groups -OCH3 is 1. The molecule has 1 saturated carbocycles. The number of carbonyl (C=O) groups is 1. The molecular formula is C40H47ClN2O6S. The minimum absolute atomic E-state index is 0.0511. The van der Waals surface area contributed by atoms with Crippen LogP contribution in [0.4, 0.5) is 5.69 Å². The van der Waals surface area contributed by atoms with Gasteiger partial charge < -0.3 is 19.5 Å². The van der Waals surface area contributed by atoms with Crippen LogP contribution in [-0.2, 0) is 37.8 Å². The van der Waals surface area contributed by atoms with E-state index in [1.54, 1.807) is 13.2 Å². The topological polar surface area (TPSA) is 105 Å². The van der Waals surface area contributed by atoms with E-state index in [4.69, 9.17) is 21.1 Å². The predicted molar refractivity (Wildman–Crippen MR) is 196 cm³/mol. The SMILES string of the molecule is CO[C@@]1(C=O)/C=C/C[C@H](C)[C@@H](Cc2ccccc2)S(=O)(=O)NC(O)c2ccc3c(c2)N(C[C@@H]2CC[C@H]21)C[C@@]1(CCCc2cc(Cl)ccc21)CO3. The van der Waals surface area contributed by atoms with Crippen molar-refractivity contribution in [3.05, 3.63) is 106 Å². The Balaban J connectivity index is 1.32. The number of hydrogen-bond donors (Lipinski definition) is 2. The van der Waals surface area contributed by atoms with Crippen molar-refractivity contribution < 1.29 is 27.8 Å². The molecule has 2 N–H and O–H groups in total. The first-order chi connectivity index (χ1) is 24.1. The smallest absolute Gasteiger partial charge is 0.217 e. The Kier molecular flexibility index (Phi) is 9.91. The molecule has 7 atom stereocenters. The van der Waals surface area contributed by atoms with Crippen molar-refractivity contribution in [2.45, 2.75) is 74.4 Å². The van der Waals surface area contributed by atoms with Gasteiger partial charge in [-0.3, -0.25) is 4.79 Å². The summed E-state index contributed by atoms with van der Waals surface area (Å²) in [6, 6.07) is 21.1. The first kappa shape index (κ1) is 35.2. The summed E-state index contributed by atoms with van der Waals surface area (Å²) in [5, 5.41) is 11.4. The van der Waals surface area contributed by atoms with Gasteiger partial charge in [-0.15, -0.1) is 0 Å². The van der Waals surface area contributed by atoms with E-state index in [0.717, 1.165) is 54.7 Å². The number of rotatable bonds is 4. The number of benzene rings is 3. The van der Waals surface area contributed by atoms with E-state index in [9.17, 15) is 18.3 Å². The number of aliphatic hydroxyl groups excluding tert-OH is 1. The predicted octanol–water partition coefficient (Wildman–Crippen LogP) is 6.54. The van der Waals surface area contributed by atoms with E-state index in [1.165, 1.54) is 11.1 Å². The summed E-state index contributed by atoms with van der Waals surface area (Å²) in [6.07, 6.45) is 8.60. The van der Waals surface area contributed by atoms with E-state index < -0.39 is 27.1 Å². The highest BCUT2D eigenvalue weighted by Gasteiger charge is 2.49. The summed E-state index contributed by atoms with van der Waals surface area (Å²) in [6.45, 7) is 3.70. The molecule has 7 rings (SSSR count). The first-order valence-electron chi connectivity index (χ1n) is 17.8. The van der Waals surface area contributed by atoms with E-state index in [1.807, 2.05) is 67.6 Å². The molecule has 4 aliphatic rings. The summed E-state index contributed by atoms with van der Waals surface area (Å²) >= 11 is 6.45. The van der Waals surface area contributed by atoms with Crippen LogP contribution < -0.4 is 14.4 Å². The lowest BCUT2D eigenvalue weighted by molar-refractivity contribution is -0.135. The van der Waals surface area contributed by atoms with Crippen LogP contribution in [-0.4, -0.2) is 57.5 Å². The average Bonchev–Trinajstić information content (AvgIpc) is 3.24. The second kappa shape index (κ2) is 14.1. The second-order valence-corrected chi connectivity index (χ2v) is 17.2. The zero-order valence-corrected chi connectivity index (χ0v) is 30.3. The third-order valence-electron chi connectivity index (χ3n) is 11.8. The molecule has 2 heterocycles. The Morgan fingerprint density at radius 3 is 2.68 bits per heavy atom. The molecule has 1 fully saturated rings. The maximum Gasteiger partial charge on any atom is 0.217 e. The lowest BCUT2D eigenvalue weighted by atomic mass is 9.64. The van der Waals surface area contributed by atoms with Gasteiger partial charge >= 0.3 is 0 Å². The number of nitrogens with zero attached hydrogens (tertiary/aromatic N) is 1. The van der Waals surface area contributed by atoms with Gasteiger partial charge in [0.15, 0.2) is 6.29 Å². The van der Waals surface area contributed by atoms with Crippen molar-refractivity contribution in [3.63, 3.8) is 0 Å². The standard InChI is InChI=1S/C40H47ClN2O6S/c1-27-8-6-19-40(25-44,48-2)34-15-12-31(34)23-43-24-39(18-7-11-29-21-32(41)14-16-33(29)39)26-49-36-17-13-30(22-35(36)43)38(45)42-50(46,47)37(27)20-28-9-4-3-5-10-28/h3-6,9-10,13-14,16-17,19,21-22,25,27,31,34,37-38,42,45H,7-8,11-12,15,18,20,23-24,26H2,1-2H3/b19-6+/t27-,31-,34+,37+,38?,39-,40+/m0/s1. The number of aryl methyl sites for hydroxylation is 1. The lowest BCUT2D eigenvalue weighted by Crippen LogP contribution is -2.53. The van der Waals surface area contributed by atoms with Crippen molar-refractivity contribution >= 4 is 33.6 Å². The van der Waals surface area contributed by atoms with E-state index in [-0.39, 0.29) is 29.6 Å². The summed E-state index contributed by atoms with van der Waals surface area (Å²) in [7, 11) is -2.45. The van der Waals surface area contributed by atoms with Gasteiger partial charge in [-0.25, -0.2) is 8.42 Å². The highest BCUT2D eigenvalue weighted by atomic mass is 35.5. The van der Waals surface area contributed by atoms with Crippen LogP contribution in [0, 0.1) is 17.8 Å². The van der Waals surface area contributed by atoms with E-state index in [0.29, 0.717) is 37.4 Å². The monoisotopic (exact) mass is 718 g/mol. The van der Waals surface area contributed by atoms with Crippen molar-refractivity contribution in [3.8, 4) is 5.75 Å². The molecule has 10 heteroatoms. The molecule has 3 aromatic rings. The molecule has 50 heavy (non-hydrogen) atoms. The van der Waals surface area contributed by atoms with E-state index >= 15 is 0 Å². The molecule has 0 aromatic heterocycles. The Labute approximate surface area is 300 Å². The number of sulfonamides is 1. The van der Waals surface area contributed by atoms with Crippen LogP contribution >= 0.6 is 11.6 Å². The molecule has 0 amide bonds. The molecule has 2 aliphatic carbocycles. The van der Waals surface area contributed by atoms with Gasteiger partial charge in [-0.1, -0.05) is 67.1 Å². The lowest BCUT2D eigenvalue weighted by Gasteiger charge is -2.48. The number of hydrogen-bond acceptors (Lipinski definition) is 7.